The molecule has 162 valence electrons. The van der Waals surface area contributed by atoms with E-state index in [4.69, 9.17) is 0 Å². The van der Waals surface area contributed by atoms with E-state index in [1.165, 1.54) is 50.5 Å². The lowest BCUT2D eigenvalue weighted by Crippen LogP contribution is -2.44. The Morgan fingerprint density at radius 1 is 1.10 bits per heavy atom. The second-order valence-electron chi connectivity index (χ2n) is 8.74. The third-order valence-electron chi connectivity index (χ3n) is 6.25. The molecule has 0 spiro atoms. The van der Waals surface area contributed by atoms with E-state index >= 15 is 0 Å². The number of piperidine rings is 1. The van der Waals surface area contributed by atoms with Gasteiger partial charge in [0.05, 0.1) is 22.8 Å². The first-order chi connectivity index (χ1) is 13.7. The number of benzene rings is 1. The molecule has 3 rings (SSSR count). The van der Waals surface area contributed by atoms with E-state index in [1.807, 2.05) is 19.0 Å². The van der Waals surface area contributed by atoms with Crippen molar-refractivity contribution in [1.82, 2.24) is 9.21 Å². The largest absolute Gasteiger partial charge is 0.376 e. The number of fused-ring (bicyclic) bond motifs is 1. The van der Waals surface area contributed by atoms with Crippen molar-refractivity contribution in [2.45, 2.75) is 37.0 Å². The number of likely N-dealkylation sites (tertiary alicyclic amines) is 1. The molecule has 1 saturated heterocycles. The summed E-state index contributed by atoms with van der Waals surface area (Å²) in [5.74, 6) is 1.45. The predicted octanol–water partition coefficient (Wildman–Crippen LogP) is 2.45. The smallest absolute Gasteiger partial charge is 0.242 e. The molecule has 8 heteroatoms. The Labute approximate surface area is 175 Å². The number of anilines is 2. The molecular weight excluding hydrogens is 388 g/mol. The summed E-state index contributed by atoms with van der Waals surface area (Å²) in [6.45, 7) is 2.30. The summed E-state index contributed by atoms with van der Waals surface area (Å²) in [6, 6.07) is 4.86. The number of nitrogens with zero attached hydrogens (tertiary/aromatic N) is 3. The molecule has 29 heavy (non-hydrogen) atoms. The van der Waals surface area contributed by atoms with Crippen LogP contribution in [-0.4, -0.2) is 71.4 Å². The van der Waals surface area contributed by atoms with E-state index in [0.29, 0.717) is 12.2 Å². The Kier molecular flexibility index (Phi) is 6.86. The lowest BCUT2D eigenvalue weighted by Gasteiger charge is -2.41. The van der Waals surface area contributed by atoms with Gasteiger partial charge in [-0.15, -0.1) is 0 Å². The summed E-state index contributed by atoms with van der Waals surface area (Å²) < 4.78 is 26.2. The van der Waals surface area contributed by atoms with Crippen molar-refractivity contribution in [1.29, 1.82) is 0 Å². The number of carbonyl (C=O) groups excluding carboxylic acids is 1. The van der Waals surface area contributed by atoms with E-state index in [0.717, 1.165) is 30.6 Å². The topological polar surface area (TPSA) is 73.0 Å². The number of rotatable bonds is 6. The van der Waals surface area contributed by atoms with E-state index in [9.17, 15) is 13.2 Å². The van der Waals surface area contributed by atoms with Crippen molar-refractivity contribution in [2.75, 3.05) is 58.0 Å². The van der Waals surface area contributed by atoms with E-state index in [1.54, 1.807) is 18.2 Å². The average Bonchev–Trinajstić information content (AvgIpc) is 2.67. The quantitative estimate of drug-likeness (QED) is 0.762. The molecule has 2 atom stereocenters. The fourth-order valence-corrected chi connectivity index (χ4v) is 5.52. The number of amides is 1. The summed E-state index contributed by atoms with van der Waals surface area (Å²) in [4.78, 5) is 17.1. The van der Waals surface area contributed by atoms with Crippen LogP contribution < -0.4 is 10.2 Å². The van der Waals surface area contributed by atoms with Gasteiger partial charge in [0.25, 0.3) is 0 Å². The summed E-state index contributed by atoms with van der Waals surface area (Å²) in [6.07, 6.45) is 6.45. The van der Waals surface area contributed by atoms with Gasteiger partial charge < -0.3 is 10.2 Å². The molecule has 2 aliphatic rings. The minimum atomic E-state index is -3.57. The molecule has 0 bridgehead atoms. The molecule has 1 saturated carbocycles. The highest BCUT2D eigenvalue weighted by atomic mass is 32.2. The molecule has 0 radical (unpaired) electrons. The molecule has 1 amide bonds. The molecule has 1 aromatic carbocycles. The second-order valence-corrected chi connectivity index (χ2v) is 10.9. The maximum absolute atomic E-state index is 12.8. The van der Waals surface area contributed by atoms with Crippen LogP contribution in [0.3, 0.4) is 0 Å². The Morgan fingerprint density at radius 3 is 2.45 bits per heavy atom. The minimum absolute atomic E-state index is 0.0956. The standard InChI is InChI=1S/C21H34N4O3S/c1-23(2)20-10-9-18(29(27,28)24(3)4)13-19(20)22-21(26)15-25-12-11-16-7-5-6-8-17(16)14-25/h9-10,13,16-17H,5-8,11-12,14-15H2,1-4H3,(H,22,26)/t16-,17-/m1/s1. The van der Waals surface area contributed by atoms with Crippen molar-refractivity contribution < 1.29 is 13.2 Å². The van der Waals surface area contributed by atoms with Crippen molar-refractivity contribution in [2.24, 2.45) is 11.8 Å². The van der Waals surface area contributed by atoms with Gasteiger partial charge in [-0.3, -0.25) is 9.69 Å². The van der Waals surface area contributed by atoms with E-state index < -0.39 is 10.0 Å². The Balaban J connectivity index is 1.71. The van der Waals surface area contributed by atoms with Gasteiger partial charge in [0, 0.05) is 34.7 Å². The highest BCUT2D eigenvalue weighted by Gasteiger charge is 2.31. The van der Waals surface area contributed by atoms with Crippen molar-refractivity contribution in [3.8, 4) is 0 Å². The first kappa shape index (κ1) is 22.1. The predicted molar refractivity (Wildman–Crippen MR) is 117 cm³/mol. The maximum atomic E-state index is 12.8. The van der Waals surface area contributed by atoms with Gasteiger partial charge in [-0.05, 0) is 49.4 Å². The number of nitrogens with one attached hydrogen (secondary N) is 1. The third kappa shape index (κ3) is 5.10. The highest BCUT2D eigenvalue weighted by Crippen LogP contribution is 2.36. The van der Waals surface area contributed by atoms with Gasteiger partial charge in [-0.2, -0.15) is 0 Å². The van der Waals surface area contributed by atoms with Gasteiger partial charge in [0.2, 0.25) is 15.9 Å². The summed E-state index contributed by atoms with van der Waals surface area (Å²) in [5, 5.41) is 2.96. The van der Waals surface area contributed by atoms with Crippen LogP contribution in [0.4, 0.5) is 11.4 Å². The zero-order chi connectivity index (χ0) is 21.2. The van der Waals surface area contributed by atoms with Crippen LogP contribution >= 0.6 is 0 Å². The summed E-state index contributed by atoms with van der Waals surface area (Å²) in [7, 11) is 3.19. The van der Waals surface area contributed by atoms with E-state index in [-0.39, 0.29) is 10.8 Å². The fourth-order valence-electron chi connectivity index (χ4n) is 4.59. The lowest BCUT2D eigenvalue weighted by atomic mass is 9.75. The monoisotopic (exact) mass is 422 g/mol. The molecule has 7 nitrogen and oxygen atoms in total. The maximum Gasteiger partial charge on any atom is 0.242 e. The van der Waals surface area contributed by atoms with Gasteiger partial charge in [0.15, 0.2) is 0 Å². The minimum Gasteiger partial charge on any atom is -0.376 e. The number of sulfonamides is 1. The highest BCUT2D eigenvalue weighted by molar-refractivity contribution is 7.89. The SMILES string of the molecule is CN(C)c1ccc(S(=O)(=O)N(C)C)cc1NC(=O)CN1CC[C@H]2CCCC[C@@H]2C1. The summed E-state index contributed by atoms with van der Waals surface area (Å²) >= 11 is 0. The van der Waals surface area contributed by atoms with Crippen LogP contribution in [0.1, 0.15) is 32.1 Å². The zero-order valence-electron chi connectivity index (χ0n) is 18.0. The molecule has 1 heterocycles. The third-order valence-corrected chi connectivity index (χ3v) is 8.06. The van der Waals surface area contributed by atoms with Gasteiger partial charge in [0.1, 0.15) is 0 Å². The fraction of sp³-hybridized carbons (Fsp3) is 0.667. The van der Waals surface area contributed by atoms with Crippen molar-refractivity contribution in [3.63, 3.8) is 0 Å². The Morgan fingerprint density at radius 2 is 1.79 bits per heavy atom. The first-order valence-corrected chi connectivity index (χ1v) is 11.9. The molecule has 1 N–H and O–H groups in total. The average molecular weight is 423 g/mol. The van der Waals surface area contributed by atoms with Crippen LogP contribution in [0.2, 0.25) is 0 Å². The van der Waals surface area contributed by atoms with Gasteiger partial charge >= 0.3 is 0 Å². The van der Waals surface area contributed by atoms with Crippen LogP contribution in [-0.2, 0) is 14.8 Å². The van der Waals surface area contributed by atoms with Gasteiger partial charge in [-0.1, -0.05) is 19.3 Å². The number of carbonyl (C=O) groups is 1. The van der Waals surface area contributed by atoms with Crippen LogP contribution in [0.5, 0.6) is 0 Å². The normalized spacial score (nSPS) is 22.9. The number of hydrogen-bond donors (Lipinski definition) is 1. The number of hydrogen-bond acceptors (Lipinski definition) is 5. The molecular formula is C21H34N4O3S. The lowest BCUT2D eigenvalue weighted by molar-refractivity contribution is -0.118. The zero-order valence-corrected chi connectivity index (χ0v) is 18.8. The molecule has 2 fully saturated rings. The van der Waals surface area contributed by atoms with Gasteiger partial charge in [-0.25, -0.2) is 12.7 Å². The molecule has 0 unspecified atom stereocenters. The Hall–Kier alpha value is -1.64. The Bertz CT molecular complexity index is 838. The summed E-state index contributed by atoms with van der Waals surface area (Å²) in [5.41, 5.74) is 1.30. The second kappa shape index (κ2) is 9.02. The van der Waals surface area contributed by atoms with Crippen LogP contribution in [0.25, 0.3) is 0 Å². The molecule has 1 aromatic rings. The van der Waals surface area contributed by atoms with Crippen LogP contribution in [0, 0.1) is 11.8 Å². The molecule has 1 aliphatic heterocycles. The van der Waals surface area contributed by atoms with Crippen molar-refractivity contribution in [3.05, 3.63) is 18.2 Å². The first-order valence-electron chi connectivity index (χ1n) is 10.4. The molecule has 0 aromatic heterocycles. The molecule has 1 aliphatic carbocycles. The van der Waals surface area contributed by atoms with Crippen molar-refractivity contribution >= 4 is 27.3 Å². The van der Waals surface area contributed by atoms with Crippen LogP contribution in [0.15, 0.2) is 23.1 Å². The van der Waals surface area contributed by atoms with E-state index in [2.05, 4.69) is 10.2 Å².